The number of likely N-dealkylation sites (N-methyl/N-ethyl adjacent to an activating group) is 1. The van der Waals surface area contributed by atoms with E-state index in [-0.39, 0.29) is 36.6 Å². The number of fused-ring (bicyclic) bond motifs is 1. The number of piperazine rings is 1. The Hall–Kier alpha value is -3.64. The van der Waals surface area contributed by atoms with E-state index in [0.717, 1.165) is 37.3 Å². The van der Waals surface area contributed by atoms with Crippen LogP contribution >= 0.6 is 0 Å². The molecule has 202 valence electrons. The lowest BCUT2D eigenvalue weighted by atomic mass is 9.93. The van der Waals surface area contributed by atoms with Crippen LogP contribution in [0.25, 0.3) is 10.9 Å². The maximum Gasteiger partial charge on any atom is 0.393 e. The second-order valence-corrected chi connectivity index (χ2v) is 10.1. The first kappa shape index (κ1) is 26.0. The van der Waals surface area contributed by atoms with Gasteiger partial charge in [-0.15, -0.1) is 0 Å². The van der Waals surface area contributed by atoms with Crippen molar-refractivity contribution >= 4 is 39.6 Å². The van der Waals surface area contributed by atoms with Crippen LogP contribution in [-0.4, -0.2) is 79.3 Å². The van der Waals surface area contributed by atoms with Crippen molar-refractivity contribution < 1.29 is 18.0 Å². The van der Waals surface area contributed by atoms with Crippen LogP contribution in [0, 0.1) is 5.92 Å². The molecule has 2 saturated heterocycles. The number of amides is 1. The van der Waals surface area contributed by atoms with E-state index in [1.165, 1.54) is 12.4 Å². The van der Waals surface area contributed by atoms with Crippen molar-refractivity contribution in [2.75, 3.05) is 67.2 Å². The van der Waals surface area contributed by atoms with E-state index >= 15 is 0 Å². The fourth-order valence-corrected chi connectivity index (χ4v) is 5.13. The number of rotatable bonds is 4. The number of halogens is 3. The lowest BCUT2D eigenvalue weighted by Gasteiger charge is -2.39. The molecule has 1 amide bonds. The van der Waals surface area contributed by atoms with Gasteiger partial charge in [0.1, 0.15) is 0 Å². The minimum Gasteiger partial charge on any atom is -0.397 e. The SMILES string of the molecule is CN1CCN(c2ccc3cc(N)c(C(=O)Nc4cnccc4N4C[C@@H](N)C[C@@H](C(F)(F)F)C4)nc3c2)CC1. The highest BCUT2D eigenvalue weighted by molar-refractivity contribution is 6.09. The summed E-state index contributed by atoms with van der Waals surface area (Å²) >= 11 is 0. The number of nitrogens with zero attached hydrogens (tertiary/aromatic N) is 5. The number of alkyl halides is 3. The molecular weight excluding hydrogens is 497 g/mol. The second-order valence-electron chi connectivity index (χ2n) is 10.1. The van der Waals surface area contributed by atoms with Gasteiger partial charge in [0.25, 0.3) is 5.91 Å². The van der Waals surface area contributed by atoms with Gasteiger partial charge in [-0.2, -0.15) is 13.2 Å². The Morgan fingerprint density at radius 1 is 1.08 bits per heavy atom. The summed E-state index contributed by atoms with van der Waals surface area (Å²) in [6.45, 7) is 3.67. The van der Waals surface area contributed by atoms with Gasteiger partial charge in [-0.25, -0.2) is 4.98 Å². The lowest BCUT2D eigenvalue weighted by Crippen LogP contribution is -2.51. The quantitative estimate of drug-likeness (QED) is 0.474. The van der Waals surface area contributed by atoms with E-state index in [9.17, 15) is 18.0 Å². The van der Waals surface area contributed by atoms with E-state index in [4.69, 9.17) is 11.5 Å². The van der Waals surface area contributed by atoms with Gasteiger partial charge in [-0.05, 0) is 37.7 Å². The molecule has 0 radical (unpaired) electrons. The molecule has 38 heavy (non-hydrogen) atoms. The standard InChI is InChI=1S/C26H31F3N8O/c1-35-6-8-36(9-7-35)19-3-2-16-10-20(31)24(33-21(16)12-19)25(38)34-22-13-32-5-4-23(22)37-14-17(26(27,28)29)11-18(30)15-37/h2-5,10,12-13,17-18H,6-9,11,14-15,30-31H2,1H3,(H,34,38)/t17-,18+/m1/s1. The summed E-state index contributed by atoms with van der Waals surface area (Å²) in [4.78, 5) is 28.0. The molecule has 0 aliphatic carbocycles. The third-order valence-corrected chi connectivity index (χ3v) is 7.25. The first-order chi connectivity index (χ1) is 18.1. The van der Waals surface area contributed by atoms with Gasteiger partial charge in [-0.3, -0.25) is 9.78 Å². The minimum absolute atomic E-state index is 0.0337. The Labute approximate surface area is 218 Å². The zero-order valence-electron chi connectivity index (χ0n) is 21.1. The van der Waals surface area contributed by atoms with E-state index in [1.807, 2.05) is 18.2 Å². The van der Waals surface area contributed by atoms with Crippen LogP contribution in [0.5, 0.6) is 0 Å². The molecule has 2 aromatic heterocycles. The van der Waals surface area contributed by atoms with Crippen LogP contribution in [0.15, 0.2) is 42.7 Å². The molecule has 9 nitrogen and oxygen atoms in total. The van der Waals surface area contributed by atoms with E-state index < -0.39 is 24.0 Å². The predicted molar refractivity (Wildman–Crippen MR) is 142 cm³/mol. The van der Waals surface area contributed by atoms with Crippen molar-refractivity contribution in [3.8, 4) is 0 Å². The summed E-state index contributed by atoms with van der Waals surface area (Å²) in [6.07, 6.45) is -1.63. The first-order valence-corrected chi connectivity index (χ1v) is 12.5. The van der Waals surface area contributed by atoms with Crippen molar-refractivity contribution in [3.05, 3.63) is 48.4 Å². The number of carbonyl (C=O) groups excluding carboxylic acids is 1. The van der Waals surface area contributed by atoms with Gasteiger partial charge >= 0.3 is 6.18 Å². The van der Waals surface area contributed by atoms with E-state index in [1.54, 1.807) is 17.0 Å². The Bertz CT molecular complexity index is 1330. The summed E-state index contributed by atoms with van der Waals surface area (Å²) in [5.74, 6) is -2.13. The fourth-order valence-electron chi connectivity index (χ4n) is 5.13. The number of nitrogen functional groups attached to an aromatic ring is 1. The molecule has 2 atom stereocenters. The van der Waals surface area contributed by atoms with E-state index in [2.05, 4.69) is 32.1 Å². The molecule has 0 bridgehead atoms. The Balaban J connectivity index is 1.40. The average Bonchev–Trinajstić information content (AvgIpc) is 2.88. The van der Waals surface area contributed by atoms with Crippen molar-refractivity contribution in [1.29, 1.82) is 0 Å². The molecule has 3 aromatic rings. The van der Waals surface area contributed by atoms with Gasteiger partial charge in [0.05, 0.1) is 34.7 Å². The number of aromatic nitrogens is 2. The third-order valence-electron chi connectivity index (χ3n) is 7.25. The van der Waals surface area contributed by atoms with E-state index in [0.29, 0.717) is 11.2 Å². The minimum atomic E-state index is -4.36. The average molecular weight is 529 g/mol. The number of hydrogen-bond donors (Lipinski definition) is 3. The highest BCUT2D eigenvalue weighted by Gasteiger charge is 2.44. The molecule has 4 heterocycles. The van der Waals surface area contributed by atoms with Gasteiger partial charge < -0.3 is 31.5 Å². The molecular formula is C26H31F3N8O. The number of anilines is 4. The highest BCUT2D eigenvalue weighted by atomic mass is 19.4. The summed E-state index contributed by atoms with van der Waals surface area (Å²) < 4.78 is 40.4. The molecule has 1 aromatic carbocycles. The van der Waals surface area contributed by atoms with Crippen LogP contribution in [0.3, 0.4) is 0 Å². The maximum atomic E-state index is 13.5. The molecule has 2 aliphatic rings. The van der Waals surface area contributed by atoms with Crippen LogP contribution in [-0.2, 0) is 0 Å². The number of carbonyl (C=O) groups is 1. The molecule has 0 spiro atoms. The smallest absolute Gasteiger partial charge is 0.393 e. The topological polar surface area (TPSA) is 117 Å². The second kappa shape index (κ2) is 10.3. The third kappa shape index (κ3) is 5.46. The van der Waals surface area contributed by atoms with Crippen molar-refractivity contribution in [3.63, 3.8) is 0 Å². The first-order valence-electron chi connectivity index (χ1n) is 12.5. The lowest BCUT2D eigenvalue weighted by molar-refractivity contribution is -0.177. The van der Waals surface area contributed by atoms with Crippen LogP contribution in [0.1, 0.15) is 16.9 Å². The van der Waals surface area contributed by atoms with Gasteiger partial charge in [0, 0.05) is 62.6 Å². The highest BCUT2D eigenvalue weighted by Crippen LogP contribution is 2.36. The molecule has 0 unspecified atom stereocenters. The fraction of sp³-hybridized carbons (Fsp3) is 0.423. The summed E-state index contributed by atoms with van der Waals surface area (Å²) in [6, 6.07) is 8.52. The van der Waals surface area contributed by atoms with Gasteiger partial charge in [0.15, 0.2) is 5.69 Å². The molecule has 2 aliphatic heterocycles. The molecule has 12 heteroatoms. The number of nitrogens with one attached hydrogen (secondary N) is 1. The van der Waals surface area contributed by atoms with Crippen molar-refractivity contribution in [1.82, 2.24) is 14.9 Å². The summed E-state index contributed by atoms with van der Waals surface area (Å²) in [5.41, 5.74) is 14.7. The number of nitrogens with two attached hydrogens (primary N) is 2. The monoisotopic (exact) mass is 528 g/mol. The number of piperidine rings is 1. The molecule has 5 rings (SSSR count). The maximum absolute atomic E-state index is 13.5. The molecule has 0 saturated carbocycles. The summed E-state index contributed by atoms with van der Waals surface area (Å²) in [5, 5.41) is 3.56. The van der Waals surface area contributed by atoms with Crippen LogP contribution < -0.4 is 26.6 Å². The number of pyridine rings is 2. The van der Waals surface area contributed by atoms with Gasteiger partial charge in [0.2, 0.25) is 0 Å². The van der Waals surface area contributed by atoms with Gasteiger partial charge in [-0.1, -0.05) is 6.07 Å². The zero-order chi connectivity index (χ0) is 27.0. The Morgan fingerprint density at radius 3 is 2.58 bits per heavy atom. The Morgan fingerprint density at radius 2 is 1.84 bits per heavy atom. The number of hydrogen-bond acceptors (Lipinski definition) is 8. The Kier molecular flexibility index (Phi) is 7.01. The molecule has 2 fully saturated rings. The zero-order valence-corrected chi connectivity index (χ0v) is 21.1. The van der Waals surface area contributed by atoms with Crippen LogP contribution in [0.4, 0.5) is 35.9 Å². The molecule has 5 N–H and O–H groups in total. The predicted octanol–water partition coefficient (Wildman–Crippen LogP) is 2.93. The van der Waals surface area contributed by atoms with Crippen molar-refractivity contribution in [2.45, 2.75) is 18.6 Å². The number of benzene rings is 1. The normalized spacial score (nSPS) is 21.1. The van der Waals surface area contributed by atoms with Crippen LogP contribution in [0.2, 0.25) is 0 Å². The van der Waals surface area contributed by atoms with Crippen molar-refractivity contribution in [2.24, 2.45) is 11.7 Å². The largest absolute Gasteiger partial charge is 0.397 e. The summed E-state index contributed by atoms with van der Waals surface area (Å²) in [7, 11) is 2.09.